The summed E-state index contributed by atoms with van der Waals surface area (Å²) in [6.45, 7) is 11.3. The molecule has 1 amide bonds. The van der Waals surface area contributed by atoms with Gasteiger partial charge in [0.2, 0.25) is 5.91 Å². The number of nitrogens with zero attached hydrogens (tertiary/aromatic N) is 2. The van der Waals surface area contributed by atoms with E-state index in [1.54, 1.807) is 6.92 Å². The van der Waals surface area contributed by atoms with Crippen LogP contribution in [0.3, 0.4) is 0 Å². The first-order valence-electron chi connectivity index (χ1n) is 10.7. The standard InChI is InChI=1S/C24H32N4O/c1-16-15-27(13-12-25-16)21-10-11-23-22(14-21)24(26-20-8-6-5-7-9-20)17(2)18(3)28(23)19(4)29/h5-11,14,16-18,24-26H,12-13,15H2,1-4H3/t16?,17-,18-,24+/m0/s1. The largest absolute Gasteiger partial charge is 0.378 e. The molecule has 2 heterocycles. The number of carbonyl (C=O) groups excluding carboxylic acids is 1. The fraction of sp³-hybridized carbons (Fsp3) is 0.458. The average molecular weight is 393 g/mol. The van der Waals surface area contributed by atoms with Crippen molar-refractivity contribution >= 4 is 23.0 Å². The summed E-state index contributed by atoms with van der Waals surface area (Å²) in [6.07, 6.45) is 0. The van der Waals surface area contributed by atoms with Gasteiger partial charge in [0.1, 0.15) is 0 Å². The first kappa shape index (κ1) is 19.8. The molecule has 2 aromatic rings. The Morgan fingerprint density at radius 3 is 2.55 bits per heavy atom. The van der Waals surface area contributed by atoms with E-state index in [4.69, 9.17) is 0 Å². The lowest BCUT2D eigenvalue weighted by Gasteiger charge is -2.45. The maximum atomic E-state index is 12.5. The van der Waals surface area contributed by atoms with Gasteiger partial charge in [-0.25, -0.2) is 0 Å². The van der Waals surface area contributed by atoms with Crippen LogP contribution in [0, 0.1) is 5.92 Å². The first-order valence-corrected chi connectivity index (χ1v) is 10.7. The Morgan fingerprint density at radius 1 is 1.10 bits per heavy atom. The second kappa shape index (κ2) is 8.07. The van der Waals surface area contributed by atoms with E-state index in [1.807, 2.05) is 11.0 Å². The molecule has 2 aliphatic heterocycles. The summed E-state index contributed by atoms with van der Waals surface area (Å²) < 4.78 is 0. The van der Waals surface area contributed by atoms with Gasteiger partial charge in [-0.1, -0.05) is 25.1 Å². The van der Waals surface area contributed by atoms with Gasteiger partial charge in [-0.05, 0) is 44.2 Å². The van der Waals surface area contributed by atoms with Gasteiger partial charge in [-0.15, -0.1) is 0 Å². The number of hydrogen-bond donors (Lipinski definition) is 2. The number of anilines is 3. The Kier molecular flexibility index (Phi) is 5.50. The van der Waals surface area contributed by atoms with Crippen LogP contribution in [0.4, 0.5) is 17.1 Å². The van der Waals surface area contributed by atoms with Crippen molar-refractivity contribution in [2.45, 2.75) is 45.8 Å². The van der Waals surface area contributed by atoms with Crippen LogP contribution < -0.4 is 20.4 Å². The summed E-state index contributed by atoms with van der Waals surface area (Å²) in [5.74, 6) is 0.385. The topological polar surface area (TPSA) is 47.6 Å². The first-order chi connectivity index (χ1) is 14.0. The summed E-state index contributed by atoms with van der Waals surface area (Å²) in [4.78, 5) is 16.9. The number of nitrogens with one attached hydrogen (secondary N) is 2. The second-order valence-corrected chi connectivity index (χ2v) is 8.52. The maximum absolute atomic E-state index is 12.5. The van der Waals surface area contributed by atoms with Gasteiger partial charge < -0.3 is 20.4 Å². The number of fused-ring (bicyclic) bond motifs is 1. The van der Waals surface area contributed by atoms with E-state index in [0.29, 0.717) is 6.04 Å². The monoisotopic (exact) mass is 392 g/mol. The van der Waals surface area contributed by atoms with Gasteiger partial charge in [0, 0.05) is 67.2 Å². The van der Waals surface area contributed by atoms with Gasteiger partial charge in [-0.3, -0.25) is 4.79 Å². The van der Waals surface area contributed by atoms with Gasteiger partial charge in [0.25, 0.3) is 0 Å². The number of para-hydroxylation sites is 1. The molecule has 1 fully saturated rings. The zero-order chi connectivity index (χ0) is 20.5. The molecule has 0 radical (unpaired) electrons. The Hall–Kier alpha value is -2.53. The summed E-state index contributed by atoms with van der Waals surface area (Å²) in [5, 5.41) is 7.26. The van der Waals surface area contributed by atoms with Crippen LogP contribution in [0.2, 0.25) is 0 Å². The van der Waals surface area contributed by atoms with Gasteiger partial charge >= 0.3 is 0 Å². The predicted octanol–water partition coefficient (Wildman–Crippen LogP) is 4.03. The Morgan fingerprint density at radius 2 is 1.86 bits per heavy atom. The molecule has 29 heavy (non-hydrogen) atoms. The van der Waals surface area contributed by atoms with E-state index in [2.05, 4.69) is 78.8 Å². The number of rotatable bonds is 3. The third-order valence-electron chi connectivity index (χ3n) is 6.47. The predicted molar refractivity (Wildman–Crippen MR) is 121 cm³/mol. The highest BCUT2D eigenvalue weighted by Gasteiger charge is 2.38. The van der Waals surface area contributed by atoms with Crippen molar-refractivity contribution in [1.29, 1.82) is 0 Å². The van der Waals surface area contributed by atoms with Crippen molar-refractivity contribution in [2.75, 3.05) is 34.8 Å². The number of carbonyl (C=O) groups is 1. The van der Waals surface area contributed by atoms with E-state index in [0.717, 1.165) is 31.0 Å². The van der Waals surface area contributed by atoms with Crippen molar-refractivity contribution in [3.8, 4) is 0 Å². The van der Waals surface area contributed by atoms with Crippen molar-refractivity contribution in [1.82, 2.24) is 5.32 Å². The van der Waals surface area contributed by atoms with Crippen molar-refractivity contribution in [2.24, 2.45) is 5.92 Å². The zero-order valence-electron chi connectivity index (χ0n) is 17.9. The lowest BCUT2D eigenvalue weighted by Crippen LogP contribution is -2.50. The second-order valence-electron chi connectivity index (χ2n) is 8.52. The molecule has 4 atom stereocenters. The molecular formula is C24H32N4O. The minimum Gasteiger partial charge on any atom is -0.378 e. The van der Waals surface area contributed by atoms with Crippen LogP contribution in [-0.2, 0) is 4.79 Å². The van der Waals surface area contributed by atoms with E-state index in [9.17, 15) is 4.79 Å². The minimum atomic E-state index is 0.104. The SMILES string of the molecule is CC(=O)N1c2ccc(N3CCNC(C)C3)cc2[C@H](Nc2ccccc2)[C@@H](C)[C@@H]1C. The molecule has 4 rings (SSSR count). The fourth-order valence-corrected chi connectivity index (χ4v) is 4.77. The highest BCUT2D eigenvalue weighted by molar-refractivity contribution is 5.94. The number of hydrogen-bond acceptors (Lipinski definition) is 4. The van der Waals surface area contributed by atoms with Crippen LogP contribution in [0.25, 0.3) is 0 Å². The molecule has 5 heteroatoms. The van der Waals surface area contributed by atoms with E-state index < -0.39 is 0 Å². The van der Waals surface area contributed by atoms with E-state index in [1.165, 1.54) is 11.3 Å². The summed E-state index contributed by atoms with van der Waals surface area (Å²) in [5.41, 5.74) is 4.59. The van der Waals surface area contributed by atoms with Crippen molar-refractivity contribution < 1.29 is 4.79 Å². The molecule has 2 aliphatic rings. The summed E-state index contributed by atoms with van der Waals surface area (Å²) in [7, 11) is 0. The molecular weight excluding hydrogens is 360 g/mol. The molecule has 1 unspecified atom stereocenters. The van der Waals surface area contributed by atoms with E-state index >= 15 is 0 Å². The van der Waals surface area contributed by atoms with Gasteiger partial charge in [0.15, 0.2) is 0 Å². The van der Waals surface area contributed by atoms with Crippen LogP contribution >= 0.6 is 0 Å². The normalized spacial score (nSPS) is 26.8. The maximum Gasteiger partial charge on any atom is 0.224 e. The van der Waals surface area contributed by atoms with Crippen LogP contribution in [0.1, 0.15) is 39.3 Å². The van der Waals surface area contributed by atoms with Crippen molar-refractivity contribution in [3.05, 3.63) is 54.1 Å². The number of piperazine rings is 1. The van der Waals surface area contributed by atoms with Gasteiger partial charge in [0.05, 0.1) is 6.04 Å². The van der Waals surface area contributed by atoms with E-state index in [-0.39, 0.29) is 23.9 Å². The number of amides is 1. The fourth-order valence-electron chi connectivity index (χ4n) is 4.77. The molecule has 2 aromatic carbocycles. The smallest absolute Gasteiger partial charge is 0.224 e. The summed E-state index contributed by atoms with van der Waals surface area (Å²) in [6, 6.07) is 17.7. The third kappa shape index (κ3) is 3.84. The third-order valence-corrected chi connectivity index (χ3v) is 6.47. The average Bonchev–Trinajstić information content (AvgIpc) is 2.72. The molecule has 0 bridgehead atoms. The lowest BCUT2D eigenvalue weighted by molar-refractivity contribution is -0.117. The lowest BCUT2D eigenvalue weighted by atomic mass is 9.82. The molecule has 0 spiro atoms. The van der Waals surface area contributed by atoms with Crippen LogP contribution in [-0.4, -0.2) is 37.6 Å². The summed E-state index contributed by atoms with van der Waals surface area (Å²) >= 11 is 0. The van der Waals surface area contributed by atoms with Crippen LogP contribution in [0.5, 0.6) is 0 Å². The molecule has 2 N–H and O–H groups in total. The number of benzene rings is 2. The molecule has 1 saturated heterocycles. The van der Waals surface area contributed by atoms with Crippen molar-refractivity contribution in [3.63, 3.8) is 0 Å². The Balaban J connectivity index is 1.76. The Labute approximate surface area is 174 Å². The Bertz CT molecular complexity index is 868. The van der Waals surface area contributed by atoms with Crippen LogP contribution in [0.15, 0.2) is 48.5 Å². The highest BCUT2D eigenvalue weighted by Crippen LogP contribution is 2.44. The molecule has 0 aliphatic carbocycles. The zero-order valence-corrected chi connectivity index (χ0v) is 17.9. The molecule has 5 nitrogen and oxygen atoms in total. The highest BCUT2D eigenvalue weighted by atomic mass is 16.2. The minimum absolute atomic E-state index is 0.104. The molecule has 154 valence electrons. The van der Waals surface area contributed by atoms with Gasteiger partial charge in [-0.2, -0.15) is 0 Å². The quantitative estimate of drug-likeness (QED) is 0.828. The molecule has 0 saturated carbocycles. The molecule has 0 aromatic heterocycles.